The van der Waals surface area contributed by atoms with E-state index in [0.29, 0.717) is 12.0 Å². The lowest BCUT2D eigenvalue weighted by molar-refractivity contribution is 0.135. The molecule has 0 saturated heterocycles. The molecule has 3 aromatic carbocycles. The molecule has 0 spiro atoms. The van der Waals surface area contributed by atoms with Crippen molar-refractivity contribution in [1.29, 1.82) is 0 Å². The molecule has 8 nitrogen and oxygen atoms in total. The first-order valence-electron chi connectivity index (χ1n) is 12.0. The molecule has 1 amide bonds. The third kappa shape index (κ3) is 8.83. The summed E-state index contributed by atoms with van der Waals surface area (Å²) in [5.74, 6) is -1.80. The normalized spacial score (nSPS) is 14.9. The summed E-state index contributed by atoms with van der Waals surface area (Å²) < 4.78 is 47.9. The topological polar surface area (TPSA) is 122 Å². The molecule has 0 aliphatic rings. The third-order valence-corrected chi connectivity index (χ3v) is 9.37. The Labute approximate surface area is 218 Å². The van der Waals surface area contributed by atoms with Gasteiger partial charge in [-0.05, 0) is 35.6 Å². The van der Waals surface area contributed by atoms with Crippen LogP contribution in [0.15, 0.2) is 91.0 Å². The first-order chi connectivity index (χ1) is 17.6. The van der Waals surface area contributed by atoms with Crippen molar-refractivity contribution < 1.29 is 27.4 Å². The minimum atomic E-state index is -4.22. The lowest BCUT2D eigenvalue weighted by Crippen LogP contribution is -2.44. The van der Waals surface area contributed by atoms with Crippen LogP contribution in [-0.2, 0) is 25.9 Å². The average molecular weight is 545 g/mol. The van der Waals surface area contributed by atoms with Crippen molar-refractivity contribution in [3.63, 3.8) is 0 Å². The Morgan fingerprint density at radius 2 is 1.46 bits per heavy atom. The molecule has 0 saturated carbocycles. The molecule has 2 unspecified atom stereocenters. The van der Waals surface area contributed by atoms with Crippen LogP contribution in [0.25, 0.3) is 0 Å². The number of nitrogens with one attached hydrogen (secondary N) is 2. The number of hydrogen-bond acceptors (Lipinski definition) is 5. The van der Waals surface area contributed by atoms with Gasteiger partial charge in [0.25, 0.3) is 7.37 Å². The Kier molecular flexibility index (Phi) is 10.1. The number of hydrogen-bond donors (Lipinski definition) is 3. The molecule has 0 aliphatic carbocycles. The van der Waals surface area contributed by atoms with Crippen molar-refractivity contribution in [2.24, 2.45) is 5.92 Å². The maximum absolute atomic E-state index is 13.6. The number of carbonyl (C=O) groups excluding carboxylic acids is 1. The van der Waals surface area contributed by atoms with Crippen molar-refractivity contribution in [2.75, 3.05) is 5.75 Å². The van der Waals surface area contributed by atoms with Crippen molar-refractivity contribution >= 4 is 28.8 Å². The van der Waals surface area contributed by atoms with E-state index >= 15 is 0 Å². The van der Waals surface area contributed by atoms with Gasteiger partial charge in [0.05, 0.1) is 5.75 Å². The maximum atomic E-state index is 13.6. The fourth-order valence-corrected chi connectivity index (χ4v) is 7.77. The lowest BCUT2D eigenvalue weighted by Gasteiger charge is -2.26. The van der Waals surface area contributed by atoms with Gasteiger partial charge in [0.1, 0.15) is 12.4 Å². The second-order valence-electron chi connectivity index (χ2n) is 9.20. The van der Waals surface area contributed by atoms with E-state index in [4.69, 9.17) is 4.74 Å². The summed E-state index contributed by atoms with van der Waals surface area (Å²) in [5.41, 5.74) is 1.16. The summed E-state index contributed by atoms with van der Waals surface area (Å²) in [5, 5.41) is 2.78. The standard InChI is InChI=1S/C27H33N2O6PS/c1-21(2)18-24(28-27(30)35-19-22-12-6-3-7-13-22)20-37(33,34)29-26(23-14-8-4-9-15-23)36(31,32)25-16-10-5-11-17-25/h3-17,21,24,26,29H,18-20H2,1-2H3,(H,28,30)(H,31,32)/t24-,26?/m0/s1. The van der Waals surface area contributed by atoms with Gasteiger partial charge in [-0.15, -0.1) is 0 Å². The smallest absolute Gasteiger partial charge is 0.407 e. The SMILES string of the molecule is CC(C)C[C@@H](CS(=O)(=O)NC(c1ccccc1)P(=O)(O)c1ccccc1)NC(=O)OCc1ccccc1. The molecule has 3 atom stereocenters. The molecule has 3 N–H and O–H groups in total. The number of ether oxygens (including phenoxy) is 1. The van der Waals surface area contributed by atoms with Crippen molar-refractivity contribution in [3.05, 3.63) is 102 Å². The van der Waals surface area contributed by atoms with Gasteiger partial charge in [-0.25, -0.2) is 13.2 Å². The largest absolute Gasteiger partial charge is 0.445 e. The summed E-state index contributed by atoms with van der Waals surface area (Å²) in [7, 11) is -8.35. The van der Waals surface area contributed by atoms with Crippen LogP contribution < -0.4 is 15.3 Å². The molecule has 37 heavy (non-hydrogen) atoms. The van der Waals surface area contributed by atoms with Crippen molar-refractivity contribution in [1.82, 2.24) is 10.0 Å². The quantitative estimate of drug-likeness (QED) is 0.288. The highest BCUT2D eigenvalue weighted by molar-refractivity contribution is 7.90. The van der Waals surface area contributed by atoms with Crippen LogP contribution in [0.1, 0.15) is 37.2 Å². The Morgan fingerprint density at radius 3 is 2.03 bits per heavy atom. The van der Waals surface area contributed by atoms with Crippen LogP contribution in [0.4, 0.5) is 4.79 Å². The number of carbonyl (C=O) groups is 1. The predicted molar refractivity (Wildman–Crippen MR) is 145 cm³/mol. The second kappa shape index (κ2) is 13.0. The number of benzene rings is 3. The van der Waals surface area contributed by atoms with E-state index in [1.807, 2.05) is 44.2 Å². The molecule has 3 aromatic rings. The zero-order valence-electron chi connectivity index (χ0n) is 20.9. The van der Waals surface area contributed by atoms with E-state index in [-0.39, 0.29) is 17.8 Å². The molecule has 0 aromatic heterocycles. The van der Waals surface area contributed by atoms with Gasteiger partial charge >= 0.3 is 6.09 Å². The van der Waals surface area contributed by atoms with Crippen LogP contribution in [0, 0.1) is 5.92 Å². The summed E-state index contributed by atoms with van der Waals surface area (Å²) in [6.07, 6.45) is -0.367. The molecule has 0 aliphatic heterocycles. The minimum absolute atomic E-state index is 0.0485. The fraction of sp³-hybridized carbons (Fsp3) is 0.296. The number of sulfonamides is 1. The van der Waals surface area contributed by atoms with Crippen molar-refractivity contribution in [3.8, 4) is 0 Å². The number of alkyl carbamates (subject to hydrolysis) is 1. The summed E-state index contributed by atoms with van der Waals surface area (Å²) in [6, 6.07) is 24.6. The Balaban J connectivity index is 1.78. The molecule has 0 heterocycles. The molecular weight excluding hydrogens is 511 g/mol. The van der Waals surface area contributed by atoms with Crippen LogP contribution in [-0.4, -0.2) is 31.2 Å². The van der Waals surface area contributed by atoms with E-state index in [9.17, 15) is 22.7 Å². The van der Waals surface area contributed by atoms with Crippen LogP contribution in [0.2, 0.25) is 0 Å². The van der Waals surface area contributed by atoms with Gasteiger partial charge in [-0.1, -0.05) is 92.7 Å². The highest BCUT2D eigenvalue weighted by atomic mass is 32.2. The zero-order chi connectivity index (χ0) is 26.9. The van der Waals surface area contributed by atoms with Crippen LogP contribution >= 0.6 is 7.37 Å². The molecule has 3 rings (SSSR count). The summed E-state index contributed by atoms with van der Waals surface area (Å²) in [4.78, 5) is 23.6. The van der Waals surface area contributed by atoms with Crippen molar-refractivity contribution in [2.45, 2.75) is 38.7 Å². The highest BCUT2D eigenvalue weighted by Crippen LogP contribution is 2.53. The van der Waals surface area contributed by atoms with Gasteiger partial charge in [-0.3, -0.25) is 4.57 Å². The van der Waals surface area contributed by atoms with Crippen LogP contribution in [0.3, 0.4) is 0 Å². The molecule has 198 valence electrons. The Bertz CT molecular complexity index is 1290. The minimum Gasteiger partial charge on any atom is -0.445 e. The van der Waals surface area contributed by atoms with Gasteiger partial charge in [0.15, 0.2) is 0 Å². The van der Waals surface area contributed by atoms with Gasteiger partial charge < -0.3 is 14.9 Å². The van der Waals surface area contributed by atoms with E-state index in [1.54, 1.807) is 48.5 Å². The number of amides is 1. The number of rotatable bonds is 12. The van der Waals surface area contributed by atoms with E-state index in [0.717, 1.165) is 5.56 Å². The van der Waals surface area contributed by atoms with E-state index in [2.05, 4.69) is 10.0 Å². The summed E-state index contributed by atoms with van der Waals surface area (Å²) >= 11 is 0. The molecule has 0 fully saturated rings. The fourth-order valence-electron chi connectivity index (χ4n) is 3.92. The molecular formula is C27H33N2O6PS. The van der Waals surface area contributed by atoms with Gasteiger partial charge in [0.2, 0.25) is 10.0 Å². The summed E-state index contributed by atoms with van der Waals surface area (Å²) in [6.45, 7) is 3.87. The van der Waals surface area contributed by atoms with E-state index < -0.39 is 41.1 Å². The first-order valence-corrected chi connectivity index (χ1v) is 15.3. The van der Waals surface area contributed by atoms with Crippen LogP contribution in [0.5, 0.6) is 0 Å². The van der Waals surface area contributed by atoms with Gasteiger partial charge in [0, 0.05) is 11.3 Å². The third-order valence-electron chi connectivity index (χ3n) is 5.59. The monoisotopic (exact) mass is 544 g/mol. The average Bonchev–Trinajstić information content (AvgIpc) is 2.87. The first kappa shape index (κ1) is 28.6. The lowest BCUT2D eigenvalue weighted by atomic mass is 10.1. The highest BCUT2D eigenvalue weighted by Gasteiger charge is 2.38. The molecule has 0 bridgehead atoms. The predicted octanol–water partition coefficient (Wildman–Crippen LogP) is 4.54. The molecule has 10 heteroatoms. The zero-order valence-corrected chi connectivity index (χ0v) is 22.6. The Morgan fingerprint density at radius 1 is 0.919 bits per heavy atom. The second-order valence-corrected chi connectivity index (χ2v) is 13.3. The Hall–Kier alpha value is -2.97. The van der Waals surface area contributed by atoms with Gasteiger partial charge in [-0.2, -0.15) is 4.72 Å². The van der Waals surface area contributed by atoms with E-state index in [1.165, 1.54) is 12.1 Å². The maximum Gasteiger partial charge on any atom is 0.407 e. The molecule has 0 radical (unpaired) electrons.